The van der Waals surface area contributed by atoms with Gasteiger partial charge in [0.05, 0.1) is 34.8 Å². The van der Waals surface area contributed by atoms with E-state index in [9.17, 15) is 0 Å². The zero-order chi connectivity index (χ0) is 14.8. The molecule has 0 bridgehead atoms. The van der Waals surface area contributed by atoms with Gasteiger partial charge in [-0.25, -0.2) is 4.98 Å². The third-order valence-corrected chi connectivity index (χ3v) is 4.15. The normalized spacial score (nSPS) is 12.3. The smallest absolute Gasteiger partial charge is 0.0901 e. The Labute approximate surface area is 127 Å². The Morgan fingerprint density at radius 1 is 1.10 bits per heavy atom. The molecule has 3 rings (SSSR count). The highest BCUT2D eigenvalue weighted by atomic mass is 32.1. The minimum atomic E-state index is 0.184. The second kappa shape index (κ2) is 5.65. The summed E-state index contributed by atoms with van der Waals surface area (Å²) in [5, 5.41) is 12.8. The van der Waals surface area contributed by atoms with Crippen LogP contribution in [0.3, 0.4) is 0 Å². The monoisotopic (exact) mass is 299 g/mol. The van der Waals surface area contributed by atoms with Gasteiger partial charge in [-0.15, -0.1) is 11.3 Å². The van der Waals surface area contributed by atoms with Gasteiger partial charge in [-0.05, 0) is 45.0 Å². The zero-order valence-electron chi connectivity index (χ0n) is 12.2. The van der Waals surface area contributed by atoms with Gasteiger partial charge in [-0.1, -0.05) is 0 Å². The number of hydrogen-bond donors (Lipinski definition) is 1. The molecule has 2 heterocycles. The molecule has 3 aromatic rings. The molecule has 1 unspecified atom stereocenters. The lowest BCUT2D eigenvalue weighted by Crippen LogP contribution is -2.08. The largest absolute Gasteiger partial charge is 0.377 e. The predicted molar refractivity (Wildman–Crippen MR) is 85.0 cm³/mol. The Morgan fingerprint density at radius 2 is 1.76 bits per heavy atom. The summed E-state index contributed by atoms with van der Waals surface area (Å²) in [5.41, 5.74) is 3.12. The van der Waals surface area contributed by atoms with Gasteiger partial charge >= 0.3 is 0 Å². The first-order valence-electron chi connectivity index (χ1n) is 6.80. The Bertz CT molecular complexity index is 715. The van der Waals surface area contributed by atoms with Crippen molar-refractivity contribution >= 4 is 17.0 Å². The Hall–Kier alpha value is -2.21. The molecule has 0 radical (unpaired) electrons. The van der Waals surface area contributed by atoms with E-state index >= 15 is 0 Å². The number of aromatic nitrogens is 4. The highest BCUT2D eigenvalue weighted by Crippen LogP contribution is 2.25. The molecule has 6 heteroatoms. The highest BCUT2D eigenvalue weighted by Gasteiger charge is 2.12. The third kappa shape index (κ3) is 2.95. The maximum absolute atomic E-state index is 4.60. The third-order valence-electron chi connectivity index (χ3n) is 3.25. The highest BCUT2D eigenvalue weighted by molar-refractivity contribution is 7.11. The fourth-order valence-electron chi connectivity index (χ4n) is 2.31. The molecular weight excluding hydrogens is 282 g/mol. The van der Waals surface area contributed by atoms with Crippen molar-refractivity contribution in [2.24, 2.45) is 0 Å². The van der Waals surface area contributed by atoms with Crippen LogP contribution >= 0.6 is 11.3 Å². The molecule has 0 aliphatic rings. The Kier molecular flexibility index (Phi) is 3.70. The van der Waals surface area contributed by atoms with E-state index in [1.807, 2.05) is 31.2 Å². The fraction of sp³-hybridized carbons (Fsp3) is 0.267. The number of nitrogens with zero attached hydrogens (tertiary/aromatic N) is 4. The van der Waals surface area contributed by atoms with Crippen molar-refractivity contribution in [3.63, 3.8) is 0 Å². The molecule has 0 saturated carbocycles. The van der Waals surface area contributed by atoms with E-state index in [0.717, 1.165) is 22.1 Å². The number of rotatable bonds is 4. The topological polar surface area (TPSA) is 55.6 Å². The summed E-state index contributed by atoms with van der Waals surface area (Å²) in [4.78, 5) is 7.46. The van der Waals surface area contributed by atoms with Crippen LogP contribution in [0.5, 0.6) is 0 Å². The molecule has 1 atom stereocenters. The summed E-state index contributed by atoms with van der Waals surface area (Å²) in [6.07, 6.45) is 3.34. The SMILES string of the molecule is Cc1nc(C(C)Nc2ccc(-n3nccn3)cc2)c(C)s1. The van der Waals surface area contributed by atoms with Crippen molar-refractivity contribution in [1.29, 1.82) is 0 Å². The van der Waals surface area contributed by atoms with E-state index in [1.165, 1.54) is 4.88 Å². The van der Waals surface area contributed by atoms with Crippen LogP contribution in [0.25, 0.3) is 5.69 Å². The van der Waals surface area contributed by atoms with Crippen molar-refractivity contribution in [1.82, 2.24) is 20.0 Å². The van der Waals surface area contributed by atoms with E-state index in [0.29, 0.717) is 0 Å². The standard InChI is InChI=1S/C15H17N5S/c1-10(15-11(2)21-12(3)19-15)18-13-4-6-14(7-5-13)20-16-8-9-17-20/h4-10,18H,1-3H3. The van der Waals surface area contributed by atoms with Crippen LogP contribution < -0.4 is 5.32 Å². The predicted octanol–water partition coefficient (Wildman–Crippen LogP) is 3.51. The summed E-state index contributed by atoms with van der Waals surface area (Å²) in [6.45, 7) is 6.29. The molecule has 0 saturated heterocycles. The number of thiazole rings is 1. The molecule has 2 aromatic heterocycles. The molecule has 0 amide bonds. The number of anilines is 1. The van der Waals surface area contributed by atoms with Gasteiger partial charge in [0.1, 0.15) is 0 Å². The van der Waals surface area contributed by atoms with E-state index in [1.54, 1.807) is 28.5 Å². The first-order chi connectivity index (χ1) is 10.1. The quantitative estimate of drug-likeness (QED) is 0.801. The molecule has 0 aliphatic carbocycles. The number of hydrogen-bond acceptors (Lipinski definition) is 5. The van der Waals surface area contributed by atoms with Crippen molar-refractivity contribution in [2.75, 3.05) is 5.32 Å². The number of benzene rings is 1. The Morgan fingerprint density at radius 3 is 2.33 bits per heavy atom. The van der Waals surface area contributed by atoms with Crippen LogP contribution in [-0.4, -0.2) is 20.0 Å². The maximum atomic E-state index is 4.60. The summed E-state index contributed by atoms with van der Waals surface area (Å²) < 4.78 is 0. The van der Waals surface area contributed by atoms with Crippen molar-refractivity contribution in [3.8, 4) is 5.69 Å². The van der Waals surface area contributed by atoms with Crippen LogP contribution in [0, 0.1) is 13.8 Å². The molecule has 5 nitrogen and oxygen atoms in total. The van der Waals surface area contributed by atoms with Gasteiger partial charge in [0.2, 0.25) is 0 Å². The van der Waals surface area contributed by atoms with E-state index in [-0.39, 0.29) is 6.04 Å². The van der Waals surface area contributed by atoms with Crippen LogP contribution in [0.1, 0.15) is 28.5 Å². The molecule has 0 spiro atoms. The van der Waals surface area contributed by atoms with Gasteiger partial charge < -0.3 is 5.32 Å². The van der Waals surface area contributed by atoms with E-state index in [4.69, 9.17) is 0 Å². The fourth-order valence-corrected chi connectivity index (χ4v) is 3.22. The summed E-state index contributed by atoms with van der Waals surface area (Å²) >= 11 is 1.74. The average molecular weight is 299 g/mol. The van der Waals surface area contributed by atoms with Gasteiger partial charge in [0.25, 0.3) is 0 Å². The van der Waals surface area contributed by atoms with E-state index < -0.39 is 0 Å². The minimum Gasteiger partial charge on any atom is -0.377 e. The van der Waals surface area contributed by atoms with Crippen LogP contribution in [-0.2, 0) is 0 Å². The molecule has 1 aromatic carbocycles. The van der Waals surface area contributed by atoms with Gasteiger partial charge in [-0.3, -0.25) is 0 Å². The van der Waals surface area contributed by atoms with Crippen molar-refractivity contribution in [2.45, 2.75) is 26.8 Å². The van der Waals surface area contributed by atoms with Crippen LogP contribution in [0.2, 0.25) is 0 Å². The van der Waals surface area contributed by atoms with Crippen LogP contribution in [0.15, 0.2) is 36.7 Å². The number of nitrogens with one attached hydrogen (secondary N) is 1. The first kappa shape index (κ1) is 13.8. The molecule has 108 valence electrons. The lowest BCUT2D eigenvalue weighted by atomic mass is 10.2. The Balaban J connectivity index is 1.74. The molecular formula is C15H17N5S. The number of aryl methyl sites for hydroxylation is 2. The maximum Gasteiger partial charge on any atom is 0.0901 e. The molecule has 0 aliphatic heterocycles. The summed E-state index contributed by atoms with van der Waals surface area (Å²) in [6, 6.07) is 8.24. The lowest BCUT2D eigenvalue weighted by molar-refractivity contribution is 0.752. The van der Waals surface area contributed by atoms with Gasteiger partial charge in [-0.2, -0.15) is 15.0 Å². The van der Waals surface area contributed by atoms with Gasteiger partial charge in [0.15, 0.2) is 0 Å². The first-order valence-corrected chi connectivity index (χ1v) is 7.62. The molecule has 1 N–H and O–H groups in total. The van der Waals surface area contributed by atoms with Gasteiger partial charge in [0, 0.05) is 10.6 Å². The summed E-state index contributed by atoms with van der Waals surface area (Å²) in [5.74, 6) is 0. The second-order valence-electron chi connectivity index (χ2n) is 4.91. The minimum absolute atomic E-state index is 0.184. The lowest BCUT2D eigenvalue weighted by Gasteiger charge is -2.14. The van der Waals surface area contributed by atoms with Crippen LogP contribution in [0.4, 0.5) is 5.69 Å². The zero-order valence-corrected chi connectivity index (χ0v) is 13.1. The second-order valence-corrected chi connectivity index (χ2v) is 6.31. The molecule has 21 heavy (non-hydrogen) atoms. The summed E-state index contributed by atoms with van der Waals surface area (Å²) in [7, 11) is 0. The van der Waals surface area contributed by atoms with Crippen molar-refractivity contribution in [3.05, 3.63) is 52.2 Å². The van der Waals surface area contributed by atoms with E-state index in [2.05, 4.69) is 34.3 Å². The average Bonchev–Trinajstić information content (AvgIpc) is 3.09. The van der Waals surface area contributed by atoms with Crippen molar-refractivity contribution < 1.29 is 0 Å². The molecule has 0 fully saturated rings.